The molecule has 1 heterocycles. The van der Waals surface area contributed by atoms with Crippen molar-refractivity contribution in [3.63, 3.8) is 0 Å². The molecule has 0 bridgehead atoms. The van der Waals surface area contributed by atoms with Gasteiger partial charge in [0.1, 0.15) is 10.6 Å². The minimum Gasteiger partial charge on any atom is -0.495 e. The van der Waals surface area contributed by atoms with Gasteiger partial charge in [0.2, 0.25) is 16.8 Å². The number of hydrogen-bond acceptors (Lipinski definition) is 8. The number of rotatable bonds is 8. The first-order valence-corrected chi connectivity index (χ1v) is 10.9. The Morgan fingerprint density at radius 3 is 2.61 bits per heavy atom. The fraction of sp³-hybridized carbons (Fsp3) is 0.300. The van der Waals surface area contributed by atoms with Gasteiger partial charge in [0, 0.05) is 17.8 Å². The normalized spacial score (nSPS) is 14.7. The second-order valence-corrected chi connectivity index (χ2v) is 8.64. The van der Waals surface area contributed by atoms with Crippen LogP contribution in [0.25, 0.3) is 0 Å². The maximum Gasteiger partial charge on any atom is 0.338 e. The lowest BCUT2D eigenvalue weighted by molar-refractivity contribution is -0.119. The lowest BCUT2D eigenvalue weighted by atomic mass is 10.2. The molecule has 1 amide bonds. The van der Waals surface area contributed by atoms with Gasteiger partial charge < -0.3 is 24.3 Å². The first kappa shape index (κ1) is 20.9. The van der Waals surface area contributed by atoms with Crippen molar-refractivity contribution in [3.8, 4) is 17.2 Å². The third kappa shape index (κ3) is 4.89. The zero-order valence-corrected chi connectivity index (χ0v) is 17.4. The predicted octanol–water partition coefficient (Wildman–Crippen LogP) is 1.66. The van der Waals surface area contributed by atoms with Crippen LogP contribution >= 0.6 is 0 Å². The van der Waals surface area contributed by atoms with Crippen molar-refractivity contribution in [2.45, 2.75) is 23.8 Å². The molecule has 31 heavy (non-hydrogen) atoms. The number of fused-ring (bicyclic) bond motifs is 1. The molecule has 10 nitrogen and oxygen atoms in total. The van der Waals surface area contributed by atoms with Crippen LogP contribution in [0.2, 0.25) is 0 Å². The summed E-state index contributed by atoms with van der Waals surface area (Å²) in [5.41, 5.74) is 0.433. The number of hydrogen-bond donors (Lipinski definition) is 2. The van der Waals surface area contributed by atoms with Gasteiger partial charge in [-0.3, -0.25) is 4.79 Å². The molecule has 0 aromatic heterocycles. The zero-order valence-electron chi connectivity index (χ0n) is 16.5. The molecule has 2 aliphatic rings. The van der Waals surface area contributed by atoms with Gasteiger partial charge in [-0.05, 0) is 43.2 Å². The van der Waals surface area contributed by atoms with E-state index in [-0.39, 0.29) is 29.0 Å². The first-order chi connectivity index (χ1) is 14.9. The van der Waals surface area contributed by atoms with Gasteiger partial charge >= 0.3 is 5.97 Å². The van der Waals surface area contributed by atoms with E-state index in [1.165, 1.54) is 25.3 Å². The summed E-state index contributed by atoms with van der Waals surface area (Å²) < 4.78 is 48.2. The molecule has 2 N–H and O–H groups in total. The Bertz CT molecular complexity index is 1130. The zero-order chi connectivity index (χ0) is 22.0. The van der Waals surface area contributed by atoms with Gasteiger partial charge in [0.15, 0.2) is 18.1 Å². The Kier molecular flexibility index (Phi) is 5.70. The summed E-state index contributed by atoms with van der Waals surface area (Å²) in [6.45, 7) is -0.443. The Balaban J connectivity index is 1.40. The number of anilines is 1. The molecule has 2 aromatic rings. The molecule has 4 rings (SSSR count). The summed E-state index contributed by atoms with van der Waals surface area (Å²) >= 11 is 0. The van der Waals surface area contributed by atoms with E-state index in [1.807, 2.05) is 0 Å². The molecule has 0 spiro atoms. The molecule has 1 fully saturated rings. The number of amides is 1. The monoisotopic (exact) mass is 448 g/mol. The summed E-state index contributed by atoms with van der Waals surface area (Å²) in [4.78, 5) is 24.3. The minimum absolute atomic E-state index is 0.0205. The van der Waals surface area contributed by atoms with Crippen molar-refractivity contribution < 1.29 is 37.0 Å². The van der Waals surface area contributed by atoms with E-state index in [1.54, 1.807) is 18.2 Å². The lowest BCUT2D eigenvalue weighted by Gasteiger charge is -2.12. The van der Waals surface area contributed by atoms with Crippen molar-refractivity contribution in [2.24, 2.45) is 0 Å². The molecule has 1 aliphatic heterocycles. The number of ether oxygens (including phenoxy) is 4. The SMILES string of the molecule is COc1ccc(C(=O)OCC(=O)Nc2ccc3c(c2)OCO3)cc1S(=O)(=O)NC1CC1. The van der Waals surface area contributed by atoms with E-state index in [0.29, 0.717) is 17.2 Å². The number of methoxy groups -OCH3 is 1. The van der Waals surface area contributed by atoms with Crippen LogP contribution in [0.1, 0.15) is 23.2 Å². The van der Waals surface area contributed by atoms with Crippen LogP contribution in [0.4, 0.5) is 5.69 Å². The number of esters is 1. The molecule has 164 valence electrons. The van der Waals surface area contributed by atoms with Crippen molar-refractivity contribution >= 4 is 27.6 Å². The van der Waals surface area contributed by atoms with Gasteiger partial charge in [-0.15, -0.1) is 0 Å². The van der Waals surface area contributed by atoms with E-state index >= 15 is 0 Å². The Morgan fingerprint density at radius 1 is 1.10 bits per heavy atom. The van der Waals surface area contributed by atoms with Crippen molar-refractivity contribution in [1.82, 2.24) is 4.72 Å². The third-order valence-corrected chi connectivity index (χ3v) is 6.12. The van der Waals surface area contributed by atoms with E-state index < -0.39 is 28.5 Å². The van der Waals surface area contributed by atoms with Crippen LogP contribution in [0, 0.1) is 0 Å². The Labute approximate surface area is 178 Å². The largest absolute Gasteiger partial charge is 0.495 e. The molecule has 11 heteroatoms. The van der Waals surface area contributed by atoms with Crippen LogP contribution < -0.4 is 24.2 Å². The number of nitrogens with one attached hydrogen (secondary N) is 2. The second-order valence-electron chi connectivity index (χ2n) is 6.95. The van der Waals surface area contributed by atoms with E-state index in [4.69, 9.17) is 18.9 Å². The van der Waals surface area contributed by atoms with Gasteiger partial charge in [0.25, 0.3) is 5.91 Å². The van der Waals surface area contributed by atoms with Gasteiger partial charge in [-0.2, -0.15) is 0 Å². The molecule has 0 radical (unpaired) electrons. The summed E-state index contributed by atoms with van der Waals surface area (Å²) in [5, 5.41) is 2.58. The van der Waals surface area contributed by atoms with Crippen molar-refractivity contribution in [3.05, 3.63) is 42.0 Å². The Morgan fingerprint density at radius 2 is 1.87 bits per heavy atom. The van der Waals surface area contributed by atoms with Crippen molar-refractivity contribution in [2.75, 3.05) is 25.8 Å². The number of sulfonamides is 1. The first-order valence-electron chi connectivity index (χ1n) is 9.43. The predicted molar refractivity (Wildman–Crippen MR) is 108 cm³/mol. The van der Waals surface area contributed by atoms with E-state index in [9.17, 15) is 18.0 Å². The van der Waals surface area contributed by atoms with Crippen LogP contribution in [0.5, 0.6) is 17.2 Å². The van der Waals surface area contributed by atoms with Gasteiger partial charge in [-0.1, -0.05) is 0 Å². The van der Waals surface area contributed by atoms with Gasteiger partial charge in [0.05, 0.1) is 12.7 Å². The maximum absolute atomic E-state index is 12.6. The summed E-state index contributed by atoms with van der Waals surface area (Å²) in [7, 11) is -2.52. The number of benzene rings is 2. The molecule has 0 atom stereocenters. The second kappa shape index (κ2) is 8.44. The van der Waals surface area contributed by atoms with E-state index in [0.717, 1.165) is 12.8 Å². The average molecular weight is 448 g/mol. The molecule has 2 aromatic carbocycles. The quantitative estimate of drug-likeness (QED) is 0.584. The van der Waals surface area contributed by atoms with Crippen LogP contribution in [-0.2, 0) is 19.6 Å². The Hall–Kier alpha value is -3.31. The number of carbonyl (C=O) groups is 2. The van der Waals surface area contributed by atoms with Crippen LogP contribution in [0.3, 0.4) is 0 Å². The number of carbonyl (C=O) groups excluding carboxylic acids is 2. The summed E-state index contributed by atoms with van der Waals surface area (Å²) in [5.74, 6) is -0.229. The molecular weight excluding hydrogens is 428 g/mol. The average Bonchev–Trinajstić information content (AvgIpc) is 3.43. The highest BCUT2D eigenvalue weighted by Gasteiger charge is 2.30. The van der Waals surface area contributed by atoms with Gasteiger partial charge in [-0.25, -0.2) is 17.9 Å². The fourth-order valence-corrected chi connectivity index (χ4v) is 4.38. The van der Waals surface area contributed by atoms with E-state index in [2.05, 4.69) is 10.0 Å². The fourth-order valence-electron chi connectivity index (χ4n) is 2.88. The minimum atomic E-state index is -3.86. The lowest BCUT2D eigenvalue weighted by Crippen LogP contribution is -2.26. The summed E-state index contributed by atoms with van der Waals surface area (Å²) in [6, 6.07) is 8.67. The molecule has 0 unspecified atom stereocenters. The maximum atomic E-state index is 12.6. The standard InChI is InChI=1S/C20H20N2O8S/c1-27-16-6-2-12(8-18(16)31(25,26)22-13-3-4-13)20(24)28-10-19(23)21-14-5-7-15-17(9-14)30-11-29-15/h2,5-9,13,22H,3-4,10-11H2,1H3,(H,21,23). The third-order valence-electron chi connectivity index (χ3n) is 4.58. The highest BCUT2D eigenvalue weighted by Crippen LogP contribution is 2.34. The highest BCUT2D eigenvalue weighted by atomic mass is 32.2. The molecule has 0 saturated heterocycles. The van der Waals surface area contributed by atoms with Crippen molar-refractivity contribution in [1.29, 1.82) is 0 Å². The summed E-state index contributed by atoms with van der Waals surface area (Å²) in [6.07, 6.45) is 1.53. The van der Waals surface area contributed by atoms with Crippen LogP contribution in [-0.4, -0.2) is 46.8 Å². The van der Waals surface area contributed by atoms with Crippen LogP contribution in [0.15, 0.2) is 41.3 Å². The highest BCUT2D eigenvalue weighted by molar-refractivity contribution is 7.89. The molecule has 1 saturated carbocycles. The molecule has 1 aliphatic carbocycles. The smallest absolute Gasteiger partial charge is 0.338 e. The molecular formula is C20H20N2O8S. The topological polar surface area (TPSA) is 129 Å².